The van der Waals surface area contributed by atoms with E-state index in [4.69, 9.17) is 49.1 Å². The maximum absolute atomic E-state index is 12.8. The highest BCUT2D eigenvalue weighted by Gasteiger charge is 2.31. The lowest BCUT2D eigenvalue weighted by Gasteiger charge is -2.21. The highest BCUT2D eigenvalue weighted by Crippen LogP contribution is 2.41. The van der Waals surface area contributed by atoms with Gasteiger partial charge in [0.05, 0.1) is 27.7 Å². The third-order valence-electron chi connectivity index (χ3n) is 3.70. The van der Waals surface area contributed by atoms with E-state index in [0.29, 0.717) is 0 Å². The van der Waals surface area contributed by atoms with Crippen LogP contribution in [0.15, 0.2) is 30.3 Å². The largest absolute Gasteiger partial charge is 0.479 e. The maximum Gasteiger partial charge on any atom is 0.416 e. The Labute approximate surface area is 179 Å². The zero-order chi connectivity index (χ0) is 21.9. The molecule has 2 aromatic rings. The fourth-order valence-corrected chi connectivity index (χ4v) is 2.83. The average Bonchev–Trinajstić information content (AvgIpc) is 2.64. The molecule has 0 aliphatic carbocycles. The van der Waals surface area contributed by atoms with Crippen LogP contribution in [-0.2, 0) is 15.8 Å². The molecule has 0 saturated heterocycles. The van der Waals surface area contributed by atoms with Gasteiger partial charge in [-0.2, -0.15) is 13.2 Å². The number of hydrogen-bond donors (Lipinski definition) is 0. The number of hydroxylamine groups is 2. The van der Waals surface area contributed by atoms with E-state index in [0.717, 1.165) is 23.3 Å². The molecule has 0 fully saturated rings. The summed E-state index contributed by atoms with van der Waals surface area (Å²) in [5.41, 5.74) is -0.921. The van der Waals surface area contributed by atoms with Gasteiger partial charge < -0.3 is 9.47 Å². The van der Waals surface area contributed by atoms with E-state index < -0.39 is 23.8 Å². The van der Waals surface area contributed by atoms with E-state index in [1.54, 1.807) is 0 Å². The number of nitrogens with zero attached hydrogens (tertiary/aromatic N) is 1. The van der Waals surface area contributed by atoms with Crippen LogP contribution in [0.2, 0.25) is 15.1 Å². The molecule has 0 radical (unpaired) electrons. The molecular formula is C18H15Cl3F3NO4. The van der Waals surface area contributed by atoms with E-state index >= 15 is 0 Å². The first-order valence-electron chi connectivity index (χ1n) is 7.96. The predicted molar refractivity (Wildman–Crippen MR) is 103 cm³/mol. The molecular weight excluding hydrogens is 458 g/mol. The van der Waals surface area contributed by atoms with Crippen LogP contribution in [0.1, 0.15) is 12.5 Å². The van der Waals surface area contributed by atoms with Gasteiger partial charge in [0.2, 0.25) is 0 Å². The van der Waals surface area contributed by atoms with Crippen LogP contribution in [0.5, 0.6) is 17.2 Å². The smallest absolute Gasteiger partial charge is 0.416 e. The minimum Gasteiger partial charge on any atom is -0.479 e. The standard InChI is InChI=1S/C18H15Cl3F3NO4/c1-9(17(26)25(2)27-3)28-15-8-16(13(21)7-12(15)20)29-14-5-4-10(6-11(14)19)18(22,23)24/h4-9H,1-3H3. The lowest BCUT2D eigenvalue weighted by molar-refractivity contribution is -0.175. The van der Waals surface area contributed by atoms with Gasteiger partial charge in [0.15, 0.2) is 6.10 Å². The number of likely N-dealkylation sites (N-methyl/N-ethyl adjacent to an activating group) is 1. The molecule has 0 spiro atoms. The molecule has 5 nitrogen and oxygen atoms in total. The van der Waals surface area contributed by atoms with Crippen LogP contribution < -0.4 is 9.47 Å². The molecule has 0 bridgehead atoms. The van der Waals surface area contributed by atoms with Crippen LogP contribution in [0.3, 0.4) is 0 Å². The van der Waals surface area contributed by atoms with E-state index in [1.165, 1.54) is 33.2 Å². The molecule has 11 heteroatoms. The van der Waals surface area contributed by atoms with E-state index in [-0.39, 0.29) is 32.3 Å². The molecule has 2 aromatic carbocycles. The summed E-state index contributed by atoms with van der Waals surface area (Å²) in [6, 6.07) is 5.23. The SMILES string of the molecule is CON(C)C(=O)C(C)Oc1cc(Oc2ccc(C(F)(F)F)cc2Cl)c(Cl)cc1Cl. The van der Waals surface area contributed by atoms with Gasteiger partial charge in [-0.15, -0.1) is 0 Å². The van der Waals surface area contributed by atoms with Gasteiger partial charge in [-0.05, 0) is 31.2 Å². The quantitative estimate of drug-likeness (QED) is 0.467. The van der Waals surface area contributed by atoms with Crippen LogP contribution in [-0.4, -0.2) is 31.2 Å². The van der Waals surface area contributed by atoms with Crippen molar-refractivity contribution in [1.29, 1.82) is 0 Å². The van der Waals surface area contributed by atoms with Crippen molar-refractivity contribution in [2.45, 2.75) is 19.2 Å². The van der Waals surface area contributed by atoms with Crippen molar-refractivity contribution in [3.05, 3.63) is 51.0 Å². The maximum atomic E-state index is 12.8. The van der Waals surface area contributed by atoms with Gasteiger partial charge in [0, 0.05) is 13.1 Å². The Morgan fingerprint density at radius 1 is 1.00 bits per heavy atom. The summed E-state index contributed by atoms with van der Waals surface area (Å²) in [4.78, 5) is 16.9. The summed E-state index contributed by atoms with van der Waals surface area (Å²) in [5, 5.41) is 0.874. The number of carbonyl (C=O) groups is 1. The Hall–Kier alpha value is -1.87. The van der Waals surface area contributed by atoms with E-state index in [9.17, 15) is 18.0 Å². The molecule has 158 valence electrons. The molecule has 29 heavy (non-hydrogen) atoms. The molecule has 2 rings (SSSR count). The van der Waals surface area contributed by atoms with Crippen LogP contribution in [0.4, 0.5) is 13.2 Å². The number of halogens is 6. The van der Waals surface area contributed by atoms with E-state index in [2.05, 4.69) is 0 Å². The number of rotatable bonds is 6. The Balaban J connectivity index is 2.29. The number of carbonyl (C=O) groups excluding carboxylic acids is 1. The lowest BCUT2D eigenvalue weighted by Crippen LogP contribution is -2.37. The molecule has 1 atom stereocenters. The van der Waals surface area contributed by atoms with Crippen LogP contribution in [0.25, 0.3) is 0 Å². The van der Waals surface area contributed by atoms with E-state index in [1.807, 2.05) is 0 Å². The van der Waals surface area contributed by atoms with Crippen molar-refractivity contribution in [3.8, 4) is 17.2 Å². The number of hydrogen-bond acceptors (Lipinski definition) is 4. The Morgan fingerprint density at radius 2 is 1.59 bits per heavy atom. The number of amides is 1. The highest BCUT2D eigenvalue weighted by molar-refractivity contribution is 6.36. The van der Waals surface area contributed by atoms with Crippen molar-refractivity contribution < 1.29 is 32.3 Å². The van der Waals surface area contributed by atoms with Crippen LogP contribution >= 0.6 is 34.8 Å². The van der Waals surface area contributed by atoms with Gasteiger partial charge in [0.25, 0.3) is 5.91 Å². The summed E-state index contributed by atoms with van der Waals surface area (Å²) >= 11 is 18.1. The van der Waals surface area contributed by atoms with Crippen molar-refractivity contribution in [1.82, 2.24) is 5.06 Å². The van der Waals surface area contributed by atoms with Crippen molar-refractivity contribution >= 4 is 40.7 Å². The van der Waals surface area contributed by atoms with Gasteiger partial charge in [-0.1, -0.05) is 34.8 Å². The summed E-state index contributed by atoms with van der Waals surface area (Å²) in [5.74, 6) is -0.447. The average molecular weight is 473 g/mol. The van der Waals surface area contributed by atoms with Crippen molar-refractivity contribution in [2.75, 3.05) is 14.2 Å². The highest BCUT2D eigenvalue weighted by atomic mass is 35.5. The summed E-state index contributed by atoms with van der Waals surface area (Å²) < 4.78 is 49.4. The van der Waals surface area contributed by atoms with Gasteiger partial charge in [-0.25, -0.2) is 5.06 Å². The van der Waals surface area contributed by atoms with Crippen LogP contribution in [0, 0.1) is 0 Å². The minimum absolute atomic E-state index is 0.0208. The third kappa shape index (κ3) is 5.82. The molecule has 1 amide bonds. The third-order valence-corrected chi connectivity index (χ3v) is 4.59. The molecule has 0 saturated carbocycles. The normalized spacial score (nSPS) is 12.4. The zero-order valence-electron chi connectivity index (χ0n) is 15.3. The zero-order valence-corrected chi connectivity index (χ0v) is 17.6. The second kappa shape index (κ2) is 9.30. The minimum atomic E-state index is -4.54. The second-order valence-electron chi connectivity index (χ2n) is 5.74. The molecule has 1 unspecified atom stereocenters. The number of ether oxygens (including phenoxy) is 2. The summed E-state index contributed by atoms with van der Waals surface area (Å²) in [6.07, 6.45) is -5.50. The molecule has 0 N–H and O–H groups in total. The second-order valence-corrected chi connectivity index (χ2v) is 6.96. The Bertz CT molecular complexity index is 909. The first kappa shape index (κ1) is 23.4. The monoisotopic (exact) mass is 471 g/mol. The first-order valence-corrected chi connectivity index (χ1v) is 9.09. The van der Waals surface area contributed by atoms with Gasteiger partial charge in [0.1, 0.15) is 17.2 Å². The first-order chi connectivity index (χ1) is 13.4. The molecule has 0 aromatic heterocycles. The number of alkyl halides is 3. The predicted octanol–water partition coefficient (Wildman–Crippen LogP) is 6.25. The molecule has 0 aliphatic heterocycles. The Kier molecular flexibility index (Phi) is 7.50. The van der Waals surface area contributed by atoms with Gasteiger partial charge in [-0.3, -0.25) is 9.63 Å². The molecule has 0 aliphatic rings. The van der Waals surface area contributed by atoms with Crippen molar-refractivity contribution in [3.63, 3.8) is 0 Å². The van der Waals surface area contributed by atoms with Gasteiger partial charge >= 0.3 is 6.18 Å². The topological polar surface area (TPSA) is 48.0 Å². The fraction of sp³-hybridized carbons (Fsp3) is 0.278. The lowest BCUT2D eigenvalue weighted by atomic mass is 10.2. The summed E-state index contributed by atoms with van der Waals surface area (Å²) in [6.45, 7) is 1.48. The summed E-state index contributed by atoms with van der Waals surface area (Å²) in [7, 11) is 2.73. The van der Waals surface area contributed by atoms with Crippen molar-refractivity contribution in [2.24, 2.45) is 0 Å². The Morgan fingerprint density at radius 3 is 2.14 bits per heavy atom. The molecule has 0 heterocycles. The number of benzene rings is 2. The fourth-order valence-electron chi connectivity index (χ4n) is 2.14.